The molecule has 1 aliphatic heterocycles. The van der Waals surface area contributed by atoms with Gasteiger partial charge in [0.1, 0.15) is 6.26 Å². The fourth-order valence-electron chi connectivity index (χ4n) is 1.91. The van der Waals surface area contributed by atoms with Gasteiger partial charge in [0, 0.05) is 19.2 Å². The van der Waals surface area contributed by atoms with Crippen LogP contribution in [0.25, 0.3) is 0 Å². The van der Waals surface area contributed by atoms with Crippen molar-refractivity contribution in [1.29, 1.82) is 0 Å². The highest BCUT2D eigenvalue weighted by molar-refractivity contribution is 9.10. The number of rotatable bonds is 2. The Morgan fingerprint density at radius 2 is 2.29 bits per heavy atom. The standard InChI is InChI=1S/C11H12BrNO4/c1-11(10(15)16)2-3-13(6-11)9(14)7-4-8(12)17-5-7/h4-5H,2-3,6H2,1H3,(H,15,16). The van der Waals surface area contributed by atoms with Crippen molar-refractivity contribution >= 4 is 27.8 Å². The summed E-state index contributed by atoms with van der Waals surface area (Å²) < 4.78 is 5.48. The summed E-state index contributed by atoms with van der Waals surface area (Å²) >= 11 is 3.12. The quantitative estimate of drug-likeness (QED) is 0.907. The number of carboxylic acid groups (broad SMARTS) is 1. The summed E-state index contributed by atoms with van der Waals surface area (Å²) in [6.45, 7) is 2.36. The molecule has 0 radical (unpaired) electrons. The van der Waals surface area contributed by atoms with E-state index in [0.717, 1.165) is 0 Å². The molecule has 1 aromatic rings. The number of furan rings is 1. The molecule has 0 saturated carbocycles. The highest BCUT2D eigenvalue weighted by Crippen LogP contribution is 2.31. The first-order valence-corrected chi connectivity index (χ1v) is 5.98. The number of aliphatic carboxylic acids is 1. The SMILES string of the molecule is CC1(C(=O)O)CCN(C(=O)c2coc(Br)c2)C1. The lowest BCUT2D eigenvalue weighted by Crippen LogP contribution is -2.34. The van der Waals surface area contributed by atoms with Crippen LogP contribution in [-0.2, 0) is 4.79 Å². The van der Waals surface area contributed by atoms with Gasteiger partial charge in [-0.15, -0.1) is 0 Å². The van der Waals surface area contributed by atoms with Crippen molar-refractivity contribution in [3.05, 3.63) is 22.6 Å². The van der Waals surface area contributed by atoms with E-state index in [0.29, 0.717) is 23.2 Å². The Morgan fingerprint density at radius 1 is 1.59 bits per heavy atom. The maximum Gasteiger partial charge on any atom is 0.311 e. The second-order valence-electron chi connectivity index (χ2n) is 4.48. The summed E-state index contributed by atoms with van der Waals surface area (Å²) in [5, 5.41) is 9.08. The van der Waals surface area contributed by atoms with E-state index in [1.54, 1.807) is 17.9 Å². The number of halogens is 1. The molecule has 5 nitrogen and oxygen atoms in total. The molecule has 6 heteroatoms. The van der Waals surface area contributed by atoms with E-state index in [2.05, 4.69) is 15.9 Å². The summed E-state index contributed by atoms with van der Waals surface area (Å²) in [7, 11) is 0. The maximum absolute atomic E-state index is 12.0. The third-order valence-electron chi connectivity index (χ3n) is 3.09. The summed E-state index contributed by atoms with van der Waals surface area (Å²) in [4.78, 5) is 24.6. The first kappa shape index (κ1) is 12.2. The molecule has 2 rings (SSSR count). The summed E-state index contributed by atoms with van der Waals surface area (Å²) in [6, 6.07) is 1.58. The van der Waals surface area contributed by atoms with Gasteiger partial charge in [-0.1, -0.05) is 0 Å². The van der Waals surface area contributed by atoms with Crippen molar-refractivity contribution in [3.8, 4) is 0 Å². The molecule has 1 aromatic heterocycles. The Kier molecular flexibility index (Phi) is 2.99. The molecule has 0 bridgehead atoms. The topological polar surface area (TPSA) is 70.8 Å². The third kappa shape index (κ3) is 2.22. The van der Waals surface area contributed by atoms with Crippen LogP contribution in [0.4, 0.5) is 0 Å². The van der Waals surface area contributed by atoms with Crippen LogP contribution < -0.4 is 0 Å². The largest absolute Gasteiger partial charge is 0.481 e. The monoisotopic (exact) mass is 301 g/mol. The fraction of sp³-hybridized carbons (Fsp3) is 0.455. The van der Waals surface area contributed by atoms with E-state index in [1.165, 1.54) is 6.26 Å². The van der Waals surface area contributed by atoms with Crippen LogP contribution in [0.15, 0.2) is 21.4 Å². The molecule has 1 unspecified atom stereocenters. The van der Waals surface area contributed by atoms with Crippen LogP contribution in [0, 0.1) is 5.41 Å². The van der Waals surface area contributed by atoms with Gasteiger partial charge in [0.15, 0.2) is 4.67 Å². The molecule has 1 fully saturated rings. The van der Waals surface area contributed by atoms with Crippen LogP contribution in [-0.4, -0.2) is 35.0 Å². The Hall–Kier alpha value is -1.30. The average molecular weight is 302 g/mol. The van der Waals surface area contributed by atoms with Gasteiger partial charge >= 0.3 is 5.97 Å². The number of carbonyl (C=O) groups is 2. The summed E-state index contributed by atoms with van der Waals surface area (Å²) in [6.07, 6.45) is 1.84. The first-order valence-electron chi connectivity index (χ1n) is 5.19. The predicted molar refractivity (Wildman–Crippen MR) is 62.7 cm³/mol. The van der Waals surface area contributed by atoms with Crippen LogP contribution in [0.1, 0.15) is 23.7 Å². The zero-order valence-electron chi connectivity index (χ0n) is 9.27. The van der Waals surface area contributed by atoms with Gasteiger partial charge in [-0.3, -0.25) is 9.59 Å². The Morgan fingerprint density at radius 3 is 2.76 bits per heavy atom. The zero-order chi connectivity index (χ0) is 12.6. The predicted octanol–water partition coefficient (Wildman–Crippen LogP) is 1.98. The molecule has 2 heterocycles. The number of carbonyl (C=O) groups excluding carboxylic acids is 1. The van der Waals surface area contributed by atoms with Gasteiger partial charge in [0.2, 0.25) is 0 Å². The molecule has 92 valence electrons. The molecule has 1 aliphatic rings. The lowest BCUT2D eigenvalue weighted by atomic mass is 9.90. The van der Waals surface area contributed by atoms with Crippen molar-refractivity contribution in [2.45, 2.75) is 13.3 Å². The van der Waals surface area contributed by atoms with E-state index in [4.69, 9.17) is 9.52 Å². The highest BCUT2D eigenvalue weighted by Gasteiger charge is 2.42. The van der Waals surface area contributed by atoms with Crippen molar-refractivity contribution in [2.24, 2.45) is 5.41 Å². The third-order valence-corrected chi connectivity index (χ3v) is 3.51. The molecule has 1 amide bonds. The average Bonchev–Trinajstić information content (AvgIpc) is 2.85. The Balaban J connectivity index is 2.11. The molecule has 17 heavy (non-hydrogen) atoms. The number of likely N-dealkylation sites (tertiary alicyclic amines) is 1. The normalized spacial score (nSPS) is 24.0. The number of carboxylic acids is 1. The molecule has 0 aliphatic carbocycles. The second kappa shape index (κ2) is 4.18. The molecule has 1 saturated heterocycles. The number of hydrogen-bond donors (Lipinski definition) is 1. The van der Waals surface area contributed by atoms with Gasteiger partial charge in [0.25, 0.3) is 5.91 Å². The molecule has 0 aromatic carbocycles. The fourth-order valence-corrected chi connectivity index (χ4v) is 2.25. The van der Waals surface area contributed by atoms with Gasteiger partial charge in [-0.25, -0.2) is 0 Å². The minimum Gasteiger partial charge on any atom is -0.481 e. The molecular formula is C11H12BrNO4. The molecule has 1 atom stereocenters. The Bertz CT molecular complexity index is 470. The van der Waals surface area contributed by atoms with Crippen LogP contribution >= 0.6 is 15.9 Å². The zero-order valence-corrected chi connectivity index (χ0v) is 10.9. The smallest absolute Gasteiger partial charge is 0.311 e. The van der Waals surface area contributed by atoms with E-state index < -0.39 is 11.4 Å². The number of nitrogens with zero attached hydrogens (tertiary/aromatic N) is 1. The highest BCUT2D eigenvalue weighted by atomic mass is 79.9. The number of amides is 1. The van der Waals surface area contributed by atoms with E-state index >= 15 is 0 Å². The minimum absolute atomic E-state index is 0.190. The van der Waals surface area contributed by atoms with Crippen molar-refractivity contribution in [3.63, 3.8) is 0 Å². The van der Waals surface area contributed by atoms with Crippen molar-refractivity contribution in [2.75, 3.05) is 13.1 Å². The lowest BCUT2D eigenvalue weighted by molar-refractivity contribution is -0.147. The summed E-state index contributed by atoms with van der Waals surface area (Å²) in [5.74, 6) is -1.05. The van der Waals surface area contributed by atoms with Crippen LogP contribution in [0.3, 0.4) is 0 Å². The molecular weight excluding hydrogens is 290 g/mol. The van der Waals surface area contributed by atoms with Crippen molar-refractivity contribution < 1.29 is 19.1 Å². The van der Waals surface area contributed by atoms with E-state index in [9.17, 15) is 9.59 Å². The minimum atomic E-state index is -0.860. The van der Waals surface area contributed by atoms with E-state index in [-0.39, 0.29) is 12.5 Å². The van der Waals surface area contributed by atoms with Crippen molar-refractivity contribution in [1.82, 2.24) is 4.90 Å². The summed E-state index contributed by atoms with van der Waals surface area (Å²) in [5.41, 5.74) is -0.400. The maximum atomic E-state index is 12.0. The van der Waals surface area contributed by atoms with Gasteiger partial charge in [-0.2, -0.15) is 0 Å². The van der Waals surface area contributed by atoms with Gasteiger partial charge in [0.05, 0.1) is 11.0 Å². The number of hydrogen-bond acceptors (Lipinski definition) is 3. The first-order chi connectivity index (χ1) is 7.92. The Labute approximate surface area is 107 Å². The van der Waals surface area contributed by atoms with Gasteiger partial charge < -0.3 is 14.4 Å². The molecule has 1 N–H and O–H groups in total. The van der Waals surface area contributed by atoms with Crippen LogP contribution in [0.2, 0.25) is 0 Å². The lowest BCUT2D eigenvalue weighted by Gasteiger charge is -2.19. The van der Waals surface area contributed by atoms with Gasteiger partial charge in [-0.05, 0) is 29.3 Å². The second-order valence-corrected chi connectivity index (χ2v) is 5.26. The van der Waals surface area contributed by atoms with E-state index in [1.807, 2.05) is 0 Å². The molecule has 0 spiro atoms. The van der Waals surface area contributed by atoms with Crippen LogP contribution in [0.5, 0.6) is 0 Å².